The lowest BCUT2D eigenvalue weighted by atomic mass is 10.0. The van der Waals surface area contributed by atoms with Gasteiger partial charge in [-0.2, -0.15) is 0 Å². The van der Waals surface area contributed by atoms with E-state index >= 15 is 0 Å². The fraction of sp³-hybridized carbons (Fsp3) is 0.190. The molecule has 0 atom stereocenters. The monoisotopic (exact) mass is 381 g/mol. The van der Waals surface area contributed by atoms with Crippen LogP contribution in [0.1, 0.15) is 29.8 Å². The Morgan fingerprint density at radius 2 is 1.61 bits per heavy atom. The first kappa shape index (κ1) is 19.2. The van der Waals surface area contributed by atoms with Gasteiger partial charge in [-0.15, -0.1) is 0 Å². The second-order valence-electron chi connectivity index (χ2n) is 6.48. The van der Waals surface area contributed by atoms with Gasteiger partial charge in [-0.1, -0.05) is 12.1 Å². The molecule has 144 valence electrons. The number of carbonyl (C=O) groups excluding carboxylic acids is 3. The largest absolute Gasteiger partial charge is 0.497 e. The minimum atomic E-state index is -1.31. The van der Waals surface area contributed by atoms with E-state index in [9.17, 15) is 14.4 Å². The first-order valence-corrected chi connectivity index (χ1v) is 8.52. The Morgan fingerprint density at radius 1 is 1.00 bits per heavy atom. The van der Waals surface area contributed by atoms with E-state index in [2.05, 4.69) is 5.32 Å². The molecule has 0 aliphatic carbocycles. The van der Waals surface area contributed by atoms with Gasteiger partial charge in [0.15, 0.2) is 11.4 Å². The molecule has 0 spiro atoms. The molecule has 28 heavy (non-hydrogen) atoms. The lowest BCUT2D eigenvalue weighted by molar-refractivity contribution is -0.222. The average molecular weight is 381 g/mol. The molecule has 1 saturated heterocycles. The molecule has 0 saturated carbocycles. The highest BCUT2D eigenvalue weighted by atomic mass is 16.7. The van der Waals surface area contributed by atoms with Crippen LogP contribution in [0.25, 0.3) is 0 Å². The number of hydrogen-bond acceptors (Lipinski definition) is 7. The number of hydrogen-bond donors (Lipinski definition) is 1. The van der Waals surface area contributed by atoms with Gasteiger partial charge in [-0.25, -0.2) is 9.59 Å². The number of esters is 2. The van der Waals surface area contributed by atoms with Crippen LogP contribution < -0.4 is 10.1 Å². The van der Waals surface area contributed by atoms with E-state index in [4.69, 9.17) is 14.2 Å². The summed E-state index contributed by atoms with van der Waals surface area (Å²) in [5.74, 6) is -2.49. The zero-order chi connectivity index (χ0) is 20.3. The van der Waals surface area contributed by atoms with Crippen molar-refractivity contribution in [1.29, 1.82) is 0 Å². The van der Waals surface area contributed by atoms with Crippen molar-refractivity contribution in [2.75, 3.05) is 12.4 Å². The maximum Gasteiger partial charge on any atom is 0.350 e. The van der Waals surface area contributed by atoms with Gasteiger partial charge >= 0.3 is 11.9 Å². The average Bonchev–Trinajstić information content (AvgIpc) is 2.66. The third-order valence-electron chi connectivity index (χ3n) is 4.01. The predicted molar refractivity (Wildman–Crippen MR) is 101 cm³/mol. The van der Waals surface area contributed by atoms with Crippen LogP contribution >= 0.6 is 0 Å². The minimum Gasteiger partial charge on any atom is -0.497 e. The first-order chi connectivity index (χ1) is 13.3. The van der Waals surface area contributed by atoms with Gasteiger partial charge in [0, 0.05) is 36.9 Å². The molecule has 7 heteroatoms. The molecular weight excluding hydrogens is 362 g/mol. The van der Waals surface area contributed by atoms with Crippen LogP contribution in [0.15, 0.2) is 60.3 Å². The lowest BCUT2D eigenvalue weighted by Gasteiger charge is -2.29. The van der Waals surface area contributed by atoms with Crippen molar-refractivity contribution in [2.24, 2.45) is 0 Å². The first-order valence-electron chi connectivity index (χ1n) is 8.52. The molecule has 1 aliphatic rings. The number of methoxy groups -OCH3 is 1. The smallest absolute Gasteiger partial charge is 0.350 e. The second-order valence-corrected chi connectivity index (χ2v) is 6.48. The molecule has 0 bridgehead atoms. The van der Waals surface area contributed by atoms with E-state index in [1.807, 2.05) is 0 Å². The molecule has 0 amide bonds. The number of nitrogens with one attached hydrogen (secondary N) is 1. The highest BCUT2D eigenvalue weighted by molar-refractivity contribution is 6.16. The highest BCUT2D eigenvalue weighted by Crippen LogP contribution is 2.24. The normalized spacial score (nSPS) is 15.3. The zero-order valence-corrected chi connectivity index (χ0v) is 15.6. The summed E-state index contributed by atoms with van der Waals surface area (Å²) in [5, 5.41) is 2.84. The summed E-state index contributed by atoms with van der Waals surface area (Å²) in [4.78, 5) is 36.9. The summed E-state index contributed by atoms with van der Waals surface area (Å²) < 4.78 is 15.2. The molecule has 1 fully saturated rings. The summed E-state index contributed by atoms with van der Waals surface area (Å²) in [7, 11) is 1.55. The Morgan fingerprint density at radius 3 is 2.21 bits per heavy atom. The van der Waals surface area contributed by atoms with E-state index in [0.29, 0.717) is 22.6 Å². The maximum absolute atomic E-state index is 12.8. The van der Waals surface area contributed by atoms with E-state index in [-0.39, 0.29) is 11.4 Å². The van der Waals surface area contributed by atoms with E-state index in [1.54, 1.807) is 55.6 Å². The molecule has 0 radical (unpaired) electrons. The lowest BCUT2D eigenvalue weighted by Crippen LogP contribution is -2.42. The van der Waals surface area contributed by atoms with Gasteiger partial charge in [0.1, 0.15) is 5.75 Å². The van der Waals surface area contributed by atoms with Crippen molar-refractivity contribution < 1.29 is 28.6 Å². The predicted octanol–water partition coefficient (Wildman–Crippen LogP) is 3.06. The third kappa shape index (κ3) is 4.03. The number of benzene rings is 2. The molecule has 1 N–H and O–H groups in total. The van der Waals surface area contributed by atoms with Gasteiger partial charge in [-0.05, 0) is 36.4 Å². The molecule has 7 nitrogen and oxygen atoms in total. The van der Waals surface area contributed by atoms with Gasteiger partial charge < -0.3 is 19.5 Å². The Labute approximate surface area is 161 Å². The van der Waals surface area contributed by atoms with Gasteiger partial charge in [0.25, 0.3) is 5.79 Å². The summed E-state index contributed by atoms with van der Waals surface area (Å²) in [6.07, 6.45) is 1.18. The van der Waals surface area contributed by atoms with Crippen molar-refractivity contribution in [1.82, 2.24) is 0 Å². The molecule has 1 heterocycles. The quantitative estimate of drug-likeness (QED) is 0.368. The van der Waals surface area contributed by atoms with Gasteiger partial charge in [0.2, 0.25) is 0 Å². The number of ketones is 1. The molecule has 1 aliphatic heterocycles. The van der Waals surface area contributed by atoms with Crippen LogP contribution in [0.3, 0.4) is 0 Å². The Hall–Kier alpha value is -3.61. The summed E-state index contributed by atoms with van der Waals surface area (Å²) >= 11 is 0. The third-order valence-corrected chi connectivity index (χ3v) is 4.01. The Balaban J connectivity index is 1.85. The van der Waals surface area contributed by atoms with Crippen LogP contribution in [0, 0.1) is 0 Å². The fourth-order valence-corrected chi connectivity index (χ4v) is 2.63. The van der Waals surface area contributed by atoms with Crippen LogP contribution in [0.5, 0.6) is 5.75 Å². The van der Waals surface area contributed by atoms with Crippen molar-refractivity contribution in [3.05, 3.63) is 71.4 Å². The molecule has 2 aromatic rings. The van der Waals surface area contributed by atoms with Crippen LogP contribution in [0.2, 0.25) is 0 Å². The van der Waals surface area contributed by atoms with E-state index < -0.39 is 17.7 Å². The highest BCUT2D eigenvalue weighted by Gasteiger charge is 2.39. The number of carbonyl (C=O) groups is 3. The number of para-hydroxylation sites is 1. The topological polar surface area (TPSA) is 90.9 Å². The Kier molecular flexibility index (Phi) is 5.17. The van der Waals surface area contributed by atoms with Crippen LogP contribution in [-0.2, 0) is 19.1 Å². The molecule has 0 aromatic heterocycles. The van der Waals surface area contributed by atoms with Crippen molar-refractivity contribution in [3.63, 3.8) is 0 Å². The van der Waals surface area contributed by atoms with Gasteiger partial charge in [-0.3, -0.25) is 4.79 Å². The van der Waals surface area contributed by atoms with Crippen molar-refractivity contribution in [3.8, 4) is 5.75 Å². The van der Waals surface area contributed by atoms with Crippen molar-refractivity contribution >= 4 is 23.4 Å². The van der Waals surface area contributed by atoms with Crippen LogP contribution in [0.4, 0.5) is 5.69 Å². The molecule has 0 unspecified atom stereocenters. The standard InChI is InChI=1S/C21H19NO6/c1-21(2)27-19(24)16(20(25)28-21)12-22-17-7-5-4-6-15(17)18(23)13-8-10-14(26-3)11-9-13/h4-12,22H,1-3H3. The van der Waals surface area contributed by atoms with E-state index in [0.717, 1.165) is 0 Å². The molecule has 3 rings (SSSR count). The number of anilines is 1. The summed E-state index contributed by atoms with van der Waals surface area (Å²) in [6.45, 7) is 2.94. The second kappa shape index (κ2) is 7.56. The SMILES string of the molecule is COc1ccc(C(=O)c2ccccc2NC=C2C(=O)OC(C)(C)OC2=O)cc1. The zero-order valence-electron chi connectivity index (χ0n) is 15.6. The number of cyclic esters (lactones) is 2. The van der Waals surface area contributed by atoms with E-state index in [1.165, 1.54) is 20.0 Å². The minimum absolute atomic E-state index is 0.223. The van der Waals surface area contributed by atoms with Crippen LogP contribution in [-0.4, -0.2) is 30.6 Å². The molecule has 2 aromatic carbocycles. The summed E-state index contributed by atoms with van der Waals surface area (Å²) in [6, 6.07) is 13.5. The molecular formula is C21H19NO6. The Bertz CT molecular complexity index is 937. The van der Waals surface area contributed by atoms with Gasteiger partial charge in [0.05, 0.1) is 7.11 Å². The maximum atomic E-state index is 12.8. The van der Waals surface area contributed by atoms with Crippen molar-refractivity contribution in [2.45, 2.75) is 19.6 Å². The number of ether oxygens (including phenoxy) is 3. The number of rotatable bonds is 5. The summed E-state index contributed by atoms with van der Waals surface area (Å²) in [5.41, 5.74) is 0.996. The fourth-order valence-electron chi connectivity index (χ4n) is 2.63.